The standard InChI is InChI=1S/C14H16F3NO4/c1-8(19)10-4-5-11(12(6-10)21-3)22-9(2)13(20)18-7-14(15,16)17/h4-6,9H,7H2,1-3H3,(H,18,20)/t9-/m0/s1. The molecule has 1 N–H and O–H groups in total. The maximum Gasteiger partial charge on any atom is 0.405 e. The van der Waals surface area contributed by atoms with Crippen molar-refractivity contribution in [2.45, 2.75) is 26.1 Å². The average molecular weight is 319 g/mol. The van der Waals surface area contributed by atoms with E-state index in [9.17, 15) is 22.8 Å². The Hall–Kier alpha value is -2.25. The number of methoxy groups -OCH3 is 1. The van der Waals surface area contributed by atoms with Gasteiger partial charge in [0.25, 0.3) is 5.91 Å². The number of rotatable bonds is 6. The molecule has 122 valence electrons. The van der Waals surface area contributed by atoms with Crippen LogP contribution in [0.5, 0.6) is 11.5 Å². The van der Waals surface area contributed by atoms with E-state index in [1.54, 1.807) is 5.32 Å². The van der Waals surface area contributed by atoms with Gasteiger partial charge in [-0.1, -0.05) is 0 Å². The lowest BCUT2D eigenvalue weighted by atomic mass is 10.1. The first-order valence-corrected chi connectivity index (χ1v) is 6.34. The highest BCUT2D eigenvalue weighted by atomic mass is 19.4. The maximum absolute atomic E-state index is 12.0. The third-order valence-corrected chi connectivity index (χ3v) is 2.71. The average Bonchev–Trinajstić information content (AvgIpc) is 2.43. The Labute approximate surface area is 125 Å². The summed E-state index contributed by atoms with van der Waals surface area (Å²) in [5, 5.41) is 1.73. The first-order valence-electron chi connectivity index (χ1n) is 6.34. The molecule has 0 radical (unpaired) electrons. The maximum atomic E-state index is 12.0. The van der Waals surface area contributed by atoms with Crippen molar-refractivity contribution in [3.05, 3.63) is 23.8 Å². The van der Waals surface area contributed by atoms with Crippen LogP contribution in [0.25, 0.3) is 0 Å². The van der Waals surface area contributed by atoms with Crippen LogP contribution in [0.2, 0.25) is 0 Å². The lowest BCUT2D eigenvalue weighted by molar-refractivity contribution is -0.142. The van der Waals surface area contributed by atoms with Crippen molar-refractivity contribution >= 4 is 11.7 Å². The second-order valence-corrected chi connectivity index (χ2v) is 4.51. The van der Waals surface area contributed by atoms with Crippen molar-refractivity contribution < 1.29 is 32.2 Å². The molecule has 0 saturated carbocycles. The Morgan fingerprint density at radius 2 is 1.91 bits per heavy atom. The SMILES string of the molecule is COc1cc(C(C)=O)ccc1O[C@@H](C)C(=O)NCC(F)(F)F. The van der Waals surface area contributed by atoms with E-state index in [1.807, 2.05) is 0 Å². The molecule has 1 aromatic carbocycles. The summed E-state index contributed by atoms with van der Waals surface area (Å²) in [6.45, 7) is 1.26. The van der Waals surface area contributed by atoms with Gasteiger partial charge in [-0.2, -0.15) is 13.2 Å². The number of Topliss-reactive ketones (excluding diaryl/α,β-unsaturated/α-hetero) is 1. The molecular weight excluding hydrogens is 303 g/mol. The van der Waals surface area contributed by atoms with Gasteiger partial charge in [-0.05, 0) is 32.0 Å². The Morgan fingerprint density at radius 3 is 2.41 bits per heavy atom. The van der Waals surface area contributed by atoms with Gasteiger partial charge in [0.1, 0.15) is 6.54 Å². The number of ketones is 1. The number of hydrogen-bond acceptors (Lipinski definition) is 4. The molecule has 0 fully saturated rings. The lowest BCUT2D eigenvalue weighted by Crippen LogP contribution is -2.41. The Balaban J connectivity index is 2.77. The highest BCUT2D eigenvalue weighted by molar-refractivity contribution is 5.94. The number of amides is 1. The van der Waals surface area contributed by atoms with Gasteiger partial charge in [-0.15, -0.1) is 0 Å². The molecule has 5 nitrogen and oxygen atoms in total. The Bertz CT molecular complexity index is 558. The fourth-order valence-corrected chi connectivity index (χ4v) is 1.56. The number of nitrogens with one attached hydrogen (secondary N) is 1. The molecule has 8 heteroatoms. The number of ether oxygens (including phenoxy) is 2. The van der Waals surface area contributed by atoms with Crippen LogP contribution < -0.4 is 14.8 Å². The fraction of sp³-hybridized carbons (Fsp3) is 0.429. The van der Waals surface area contributed by atoms with E-state index >= 15 is 0 Å². The topological polar surface area (TPSA) is 64.6 Å². The zero-order valence-corrected chi connectivity index (χ0v) is 12.3. The molecule has 0 saturated heterocycles. The van der Waals surface area contributed by atoms with E-state index < -0.39 is 24.7 Å². The molecular formula is C14H16F3NO4. The van der Waals surface area contributed by atoms with Crippen molar-refractivity contribution in [3.63, 3.8) is 0 Å². The first kappa shape index (κ1) is 17.8. The number of benzene rings is 1. The monoisotopic (exact) mass is 319 g/mol. The molecule has 0 aliphatic carbocycles. The predicted molar refractivity (Wildman–Crippen MR) is 72.2 cm³/mol. The summed E-state index contributed by atoms with van der Waals surface area (Å²) in [6, 6.07) is 4.32. The summed E-state index contributed by atoms with van der Waals surface area (Å²) < 4.78 is 46.4. The Morgan fingerprint density at radius 1 is 1.27 bits per heavy atom. The number of halogens is 3. The highest BCUT2D eigenvalue weighted by Crippen LogP contribution is 2.29. The van der Waals surface area contributed by atoms with E-state index in [-0.39, 0.29) is 17.3 Å². The minimum atomic E-state index is -4.49. The van der Waals surface area contributed by atoms with Crippen LogP contribution in [0.1, 0.15) is 24.2 Å². The van der Waals surface area contributed by atoms with Gasteiger partial charge in [0.15, 0.2) is 23.4 Å². The first-order chi connectivity index (χ1) is 10.1. The lowest BCUT2D eigenvalue weighted by Gasteiger charge is -2.17. The molecule has 0 heterocycles. The van der Waals surface area contributed by atoms with Gasteiger partial charge < -0.3 is 14.8 Å². The van der Waals surface area contributed by atoms with E-state index in [1.165, 1.54) is 39.2 Å². The number of carbonyl (C=O) groups is 2. The molecule has 0 aliphatic heterocycles. The summed E-state index contributed by atoms with van der Waals surface area (Å²) in [4.78, 5) is 22.8. The van der Waals surface area contributed by atoms with Gasteiger partial charge >= 0.3 is 6.18 Å². The smallest absolute Gasteiger partial charge is 0.405 e. The second kappa shape index (κ2) is 7.15. The summed E-state index contributed by atoms with van der Waals surface area (Å²) >= 11 is 0. The van der Waals surface area contributed by atoms with Crippen LogP contribution in [0.3, 0.4) is 0 Å². The zero-order valence-electron chi connectivity index (χ0n) is 12.3. The molecule has 1 rings (SSSR count). The van der Waals surface area contributed by atoms with E-state index in [4.69, 9.17) is 9.47 Å². The fourth-order valence-electron chi connectivity index (χ4n) is 1.56. The van der Waals surface area contributed by atoms with Crippen LogP contribution in [-0.4, -0.2) is 37.6 Å². The quantitative estimate of drug-likeness (QED) is 0.818. The molecule has 22 heavy (non-hydrogen) atoms. The largest absolute Gasteiger partial charge is 0.493 e. The van der Waals surface area contributed by atoms with Gasteiger partial charge in [0.2, 0.25) is 0 Å². The van der Waals surface area contributed by atoms with Gasteiger partial charge in [0.05, 0.1) is 7.11 Å². The molecule has 1 aromatic rings. The molecule has 0 unspecified atom stereocenters. The number of carbonyl (C=O) groups excluding carboxylic acids is 2. The van der Waals surface area contributed by atoms with E-state index in [0.717, 1.165) is 0 Å². The molecule has 0 aliphatic rings. The van der Waals surface area contributed by atoms with Crippen LogP contribution in [0, 0.1) is 0 Å². The summed E-state index contributed by atoms with van der Waals surface area (Å²) in [6.07, 6.45) is -5.64. The van der Waals surface area contributed by atoms with E-state index in [2.05, 4.69) is 0 Å². The number of hydrogen-bond donors (Lipinski definition) is 1. The van der Waals surface area contributed by atoms with Crippen LogP contribution in [0.4, 0.5) is 13.2 Å². The third kappa shape index (κ3) is 5.27. The Kier molecular flexibility index (Phi) is 5.78. The third-order valence-electron chi connectivity index (χ3n) is 2.71. The minimum Gasteiger partial charge on any atom is -0.493 e. The zero-order chi connectivity index (χ0) is 16.9. The van der Waals surface area contributed by atoms with Crippen LogP contribution >= 0.6 is 0 Å². The van der Waals surface area contributed by atoms with Gasteiger partial charge in [-0.25, -0.2) is 0 Å². The highest BCUT2D eigenvalue weighted by Gasteiger charge is 2.29. The molecule has 0 spiro atoms. The summed E-state index contributed by atoms with van der Waals surface area (Å²) in [5.74, 6) is -0.721. The molecule has 1 atom stereocenters. The summed E-state index contributed by atoms with van der Waals surface area (Å²) in [7, 11) is 1.35. The van der Waals surface area contributed by atoms with Crippen molar-refractivity contribution in [1.29, 1.82) is 0 Å². The molecule has 0 aromatic heterocycles. The summed E-state index contributed by atoms with van der Waals surface area (Å²) in [5.41, 5.74) is 0.387. The number of alkyl halides is 3. The molecule has 1 amide bonds. The van der Waals surface area contributed by atoms with Crippen molar-refractivity contribution in [1.82, 2.24) is 5.32 Å². The van der Waals surface area contributed by atoms with Crippen molar-refractivity contribution in [2.24, 2.45) is 0 Å². The van der Waals surface area contributed by atoms with Crippen LogP contribution in [0.15, 0.2) is 18.2 Å². The van der Waals surface area contributed by atoms with Crippen LogP contribution in [-0.2, 0) is 4.79 Å². The van der Waals surface area contributed by atoms with Crippen molar-refractivity contribution in [3.8, 4) is 11.5 Å². The van der Waals surface area contributed by atoms with Gasteiger partial charge in [0, 0.05) is 5.56 Å². The minimum absolute atomic E-state index is 0.155. The predicted octanol–water partition coefficient (Wildman–Crippen LogP) is 2.34. The normalized spacial score (nSPS) is 12.5. The molecule has 0 bridgehead atoms. The van der Waals surface area contributed by atoms with E-state index in [0.29, 0.717) is 5.56 Å². The van der Waals surface area contributed by atoms with Crippen molar-refractivity contribution in [2.75, 3.05) is 13.7 Å². The van der Waals surface area contributed by atoms with Gasteiger partial charge in [-0.3, -0.25) is 9.59 Å². The second-order valence-electron chi connectivity index (χ2n) is 4.51.